The Kier molecular flexibility index (Phi) is 4.73. The minimum Gasteiger partial charge on any atom is -0.369 e. The average Bonchev–Trinajstić information content (AvgIpc) is 2.83. The molecule has 2 fully saturated rings. The van der Waals surface area contributed by atoms with Crippen LogP contribution in [0.25, 0.3) is 0 Å². The first kappa shape index (κ1) is 16.8. The van der Waals surface area contributed by atoms with Crippen molar-refractivity contribution in [2.24, 2.45) is 23.0 Å². The van der Waals surface area contributed by atoms with E-state index in [0.29, 0.717) is 17.7 Å². The van der Waals surface area contributed by atoms with E-state index in [0.717, 1.165) is 38.5 Å². The third kappa shape index (κ3) is 2.80. The summed E-state index contributed by atoms with van der Waals surface area (Å²) >= 11 is 5.92. The van der Waals surface area contributed by atoms with Gasteiger partial charge in [0.1, 0.15) is 0 Å². The van der Waals surface area contributed by atoms with Gasteiger partial charge in [-0.3, -0.25) is 4.79 Å². The first-order valence-electron chi connectivity index (χ1n) is 8.98. The number of primary amides is 1. The van der Waals surface area contributed by atoms with Crippen LogP contribution in [-0.4, -0.2) is 11.8 Å². The second-order valence-corrected chi connectivity index (χ2v) is 8.14. The Bertz CT molecular complexity index is 560. The van der Waals surface area contributed by atoms with Gasteiger partial charge in [0.05, 0.1) is 5.41 Å². The Hall–Kier alpha value is -1.02. The van der Waals surface area contributed by atoms with Crippen LogP contribution in [0.15, 0.2) is 30.3 Å². The summed E-state index contributed by atoms with van der Waals surface area (Å²) in [5.41, 5.74) is 7.19. The molecule has 2 saturated carbocycles. The smallest absolute Gasteiger partial charge is 0.223 e. The molecular formula is C20H28ClNO. The second-order valence-electron chi connectivity index (χ2n) is 7.76. The number of rotatable bonds is 6. The van der Waals surface area contributed by atoms with Crippen molar-refractivity contribution in [3.05, 3.63) is 35.9 Å². The predicted octanol–water partition coefficient (Wildman–Crippen LogP) is 4.65. The number of hydrogen-bond acceptors (Lipinski definition) is 1. The molecule has 1 amide bonds. The Morgan fingerprint density at radius 2 is 2.00 bits per heavy atom. The van der Waals surface area contributed by atoms with Crippen molar-refractivity contribution >= 4 is 17.5 Å². The highest BCUT2D eigenvalue weighted by molar-refractivity contribution is 6.17. The van der Waals surface area contributed by atoms with Crippen LogP contribution in [0.2, 0.25) is 0 Å². The Balaban J connectivity index is 2.00. The third-order valence-corrected chi connectivity index (χ3v) is 6.79. The fraction of sp³-hybridized carbons (Fsp3) is 0.650. The number of halogens is 1. The van der Waals surface area contributed by atoms with Crippen LogP contribution in [0.4, 0.5) is 0 Å². The molecule has 0 radical (unpaired) electrons. The molecule has 2 nitrogen and oxygen atoms in total. The largest absolute Gasteiger partial charge is 0.369 e. The molecule has 2 aliphatic rings. The number of nitrogens with two attached hydrogens (primary N) is 1. The number of carbonyl (C=O) groups is 1. The summed E-state index contributed by atoms with van der Waals surface area (Å²) in [4.78, 5) is 12.5. The molecule has 2 N–H and O–H groups in total. The minimum absolute atomic E-state index is 0.0715. The van der Waals surface area contributed by atoms with Gasteiger partial charge in [0.25, 0.3) is 0 Å². The Morgan fingerprint density at radius 3 is 2.61 bits per heavy atom. The zero-order chi connectivity index (χ0) is 16.5. The molecule has 0 saturated heterocycles. The Labute approximate surface area is 144 Å². The van der Waals surface area contributed by atoms with E-state index < -0.39 is 0 Å². The van der Waals surface area contributed by atoms with E-state index in [-0.39, 0.29) is 16.7 Å². The molecule has 0 aliphatic heterocycles. The Morgan fingerprint density at radius 1 is 1.26 bits per heavy atom. The van der Waals surface area contributed by atoms with E-state index in [9.17, 15) is 4.79 Å². The first-order valence-corrected chi connectivity index (χ1v) is 9.51. The number of fused-ring (bicyclic) bond motifs is 2. The quantitative estimate of drug-likeness (QED) is 0.757. The van der Waals surface area contributed by atoms with Crippen LogP contribution in [0, 0.1) is 17.3 Å². The van der Waals surface area contributed by atoms with Crippen molar-refractivity contribution in [3.63, 3.8) is 0 Å². The normalized spacial score (nSPS) is 36.1. The van der Waals surface area contributed by atoms with Crippen molar-refractivity contribution in [1.29, 1.82) is 0 Å². The topological polar surface area (TPSA) is 43.1 Å². The van der Waals surface area contributed by atoms with Crippen LogP contribution in [0.3, 0.4) is 0 Å². The predicted molar refractivity (Wildman–Crippen MR) is 95.4 cm³/mol. The number of amides is 1. The number of alkyl halides is 1. The van der Waals surface area contributed by atoms with E-state index in [1.54, 1.807) is 0 Å². The maximum atomic E-state index is 12.5. The fourth-order valence-corrected chi connectivity index (χ4v) is 5.80. The molecule has 0 spiro atoms. The van der Waals surface area contributed by atoms with E-state index >= 15 is 0 Å². The van der Waals surface area contributed by atoms with E-state index in [4.69, 9.17) is 17.3 Å². The highest BCUT2D eigenvalue weighted by atomic mass is 35.5. The molecule has 126 valence electrons. The van der Waals surface area contributed by atoms with Gasteiger partial charge in [-0.25, -0.2) is 0 Å². The van der Waals surface area contributed by atoms with Gasteiger partial charge >= 0.3 is 0 Å². The highest BCUT2D eigenvalue weighted by Crippen LogP contribution is 2.64. The lowest BCUT2D eigenvalue weighted by atomic mass is 9.60. The van der Waals surface area contributed by atoms with E-state index in [1.807, 2.05) is 0 Å². The van der Waals surface area contributed by atoms with E-state index in [2.05, 4.69) is 37.3 Å². The molecule has 2 bridgehead atoms. The van der Waals surface area contributed by atoms with Gasteiger partial charge < -0.3 is 5.73 Å². The highest BCUT2D eigenvalue weighted by Gasteiger charge is 2.61. The summed E-state index contributed by atoms with van der Waals surface area (Å²) in [5, 5.41) is 0. The zero-order valence-electron chi connectivity index (χ0n) is 14.1. The van der Waals surface area contributed by atoms with Crippen LogP contribution in [0.1, 0.15) is 57.4 Å². The standard InChI is InChI=1S/C20H28ClNO/c1-2-16-13-19(17-8-4-3-5-9-17)11-15(7-6-10-21)12-20(16,14-19)18(22)23/h3-5,8-9,15-16H,2,6-7,10-14H2,1H3,(H2,22,23). The molecule has 4 atom stereocenters. The second kappa shape index (κ2) is 6.47. The van der Waals surface area contributed by atoms with Gasteiger partial charge in [0.15, 0.2) is 0 Å². The van der Waals surface area contributed by atoms with Crippen LogP contribution in [-0.2, 0) is 10.2 Å². The third-order valence-electron chi connectivity index (χ3n) is 6.52. The van der Waals surface area contributed by atoms with Crippen LogP contribution in [0.5, 0.6) is 0 Å². The molecule has 0 aromatic heterocycles. The summed E-state index contributed by atoms with van der Waals surface area (Å²) in [6.07, 6.45) is 7.38. The molecule has 0 heterocycles. The average molecular weight is 334 g/mol. The molecule has 2 aliphatic carbocycles. The van der Waals surface area contributed by atoms with E-state index in [1.165, 1.54) is 12.0 Å². The maximum Gasteiger partial charge on any atom is 0.223 e. The summed E-state index contributed by atoms with van der Waals surface area (Å²) in [6, 6.07) is 10.8. The molecular weight excluding hydrogens is 306 g/mol. The van der Waals surface area contributed by atoms with Gasteiger partial charge in [0.2, 0.25) is 5.91 Å². The fourth-order valence-electron chi connectivity index (χ4n) is 5.64. The van der Waals surface area contributed by atoms with Crippen LogP contribution >= 0.6 is 11.6 Å². The number of carbonyl (C=O) groups excluding carboxylic acids is 1. The lowest BCUT2D eigenvalue weighted by molar-refractivity contribution is -0.132. The first-order chi connectivity index (χ1) is 11.1. The molecule has 1 aromatic rings. The van der Waals surface area contributed by atoms with Crippen LogP contribution < -0.4 is 5.73 Å². The van der Waals surface area contributed by atoms with Crippen molar-refractivity contribution in [2.45, 2.75) is 57.3 Å². The molecule has 3 heteroatoms. The molecule has 1 aromatic carbocycles. The van der Waals surface area contributed by atoms with Gasteiger partial charge in [0, 0.05) is 5.88 Å². The summed E-state index contributed by atoms with van der Waals surface area (Å²) in [6.45, 7) is 2.21. The molecule has 4 unspecified atom stereocenters. The van der Waals surface area contributed by atoms with Gasteiger partial charge in [-0.05, 0) is 61.3 Å². The molecule has 3 rings (SSSR count). The number of benzene rings is 1. The van der Waals surface area contributed by atoms with Crippen molar-refractivity contribution in [1.82, 2.24) is 0 Å². The van der Waals surface area contributed by atoms with Gasteiger partial charge in [-0.2, -0.15) is 0 Å². The SMILES string of the molecule is CCC1CC2(c3ccccc3)CC(CCCCl)CC1(C(N)=O)C2. The zero-order valence-corrected chi connectivity index (χ0v) is 14.8. The minimum atomic E-state index is -0.306. The van der Waals surface area contributed by atoms with Crippen molar-refractivity contribution < 1.29 is 4.79 Å². The van der Waals surface area contributed by atoms with Gasteiger partial charge in [-0.15, -0.1) is 11.6 Å². The summed E-state index contributed by atoms with van der Waals surface area (Å²) < 4.78 is 0. The summed E-state index contributed by atoms with van der Waals surface area (Å²) in [5.74, 6) is 1.61. The van der Waals surface area contributed by atoms with Gasteiger partial charge in [-0.1, -0.05) is 43.7 Å². The lowest BCUT2D eigenvalue weighted by Crippen LogP contribution is -2.45. The lowest BCUT2D eigenvalue weighted by Gasteiger charge is -2.43. The monoisotopic (exact) mass is 333 g/mol. The maximum absolute atomic E-state index is 12.5. The number of hydrogen-bond donors (Lipinski definition) is 1. The van der Waals surface area contributed by atoms with Crippen molar-refractivity contribution in [2.75, 3.05) is 5.88 Å². The summed E-state index contributed by atoms with van der Waals surface area (Å²) in [7, 11) is 0. The van der Waals surface area contributed by atoms with Crippen molar-refractivity contribution in [3.8, 4) is 0 Å². The molecule has 23 heavy (non-hydrogen) atoms.